The SMILES string of the molecule is CCNC(=O)CCCC1=CCc2cc(-c3cnc(NCC)nc3)cc(C)c2O1. The fourth-order valence-corrected chi connectivity index (χ4v) is 3.30. The van der Waals surface area contributed by atoms with Crippen LogP contribution in [0.1, 0.15) is 44.2 Å². The van der Waals surface area contributed by atoms with Crippen molar-refractivity contribution in [2.75, 3.05) is 18.4 Å². The first kappa shape index (κ1) is 19.9. The average Bonchev–Trinajstić information content (AvgIpc) is 2.69. The van der Waals surface area contributed by atoms with Gasteiger partial charge in [-0.15, -0.1) is 0 Å². The highest BCUT2D eigenvalue weighted by Gasteiger charge is 2.17. The van der Waals surface area contributed by atoms with Crippen molar-refractivity contribution in [2.45, 2.75) is 46.5 Å². The van der Waals surface area contributed by atoms with E-state index in [1.54, 1.807) is 0 Å². The molecule has 6 nitrogen and oxygen atoms in total. The monoisotopic (exact) mass is 380 g/mol. The highest BCUT2D eigenvalue weighted by Crippen LogP contribution is 2.35. The number of nitrogens with zero attached hydrogens (tertiary/aromatic N) is 2. The Bertz CT molecular complexity index is 860. The number of aryl methyl sites for hydroxylation is 1. The molecule has 0 radical (unpaired) electrons. The van der Waals surface area contributed by atoms with Gasteiger partial charge in [0.15, 0.2) is 0 Å². The number of rotatable bonds is 8. The van der Waals surface area contributed by atoms with Gasteiger partial charge in [0.25, 0.3) is 0 Å². The van der Waals surface area contributed by atoms with E-state index in [0.29, 0.717) is 18.9 Å². The van der Waals surface area contributed by atoms with Crippen LogP contribution in [0.3, 0.4) is 0 Å². The number of amides is 1. The Kier molecular flexibility index (Phi) is 6.63. The summed E-state index contributed by atoms with van der Waals surface area (Å²) < 4.78 is 6.13. The normalized spacial score (nSPS) is 12.6. The summed E-state index contributed by atoms with van der Waals surface area (Å²) in [7, 11) is 0. The van der Waals surface area contributed by atoms with Gasteiger partial charge in [0, 0.05) is 43.9 Å². The third-order valence-electron chi connectivity index (χ3n) is 4.66. The second-order valence-corrected chi connectivity index (χ2v) is 6.89. The Morgan fingerprint density at radius 3 is 2.64 bits per heavy atom. The molecule has 1 aromatic heterocycles. The number of anilines is 1. The minimum absolute atomic E-state index is 0.0995. The van der Waals surface area contributed by atoms with Crippen molar-refractivity contribution in [3.8, 4) is 16.9 Å². The van der Waals surface area contributed by atoms with Gasteiger partial charge in [-0.25, -0.2) is 9.97 Å². The molecule has 2 N–H and O–H groups in total. The van der Waals surface area contributed by atoms with E-state index in [2.05, 4.69) is 45.7 Å². The summed E-state index contributed by atoms with van der Waals surface area (Å²) in [6.07, 6.45) is 8.74. The van der Waals surface area contributed by atoms with Gasteiger partial charge in [-0.3, -0.25) is 4.79 Å². The van der Waals surface area contributed by atoms with Crippen molar-refractivity contribution < 1.29 is 9.53 Å². The third kappa shape index (κ3) is 4.88. The molecule has 0 spiro atoms. The highest BCUT2D eigenvalue weighted by molar-refractivity contribution is 5.75. The maximum Gasteiger partial charge on any atom is 0.222 e. The van der Waals surface area contributed by atoms with Gasteiger partial charge in [-0.1, -0.05) is 0 Å². The van der Waals surface area contributed by atoms with E-state index in [9.17, 15) is 4.79 Å². The molecule has 1 amide bonds. The Labute approximate surface area is 166 Å². The quantitative estimate of drug-likeness (QED) is 0.724. The summed E-state index contributed by atoms with van der Waals surface area (Å²) in [4.78, 5) is 20.3. The smallest absolute Gasteiger partial charge is 0.222 e. The first-order valence-corrected chi connectivity index (χ1v) is 9.94. The largest absolute Gasteiger partial charge is 0.461 e. The standard InChI is InChI=1S/C22H28N4O2/c1-4-23-20(27)8-6-7-19-10-9-16-12-17(11-15(3)21(16)28-19)18-13-25-22(24-5-2)26-14-18/h10-14H,4-9H2,1-3H3,(H,23,27)(H,24,25,26). The van der Waals surface area contributed by atoms with Gasteiger partial charge in [-0.2, -0.15) is 0 Å². The summed E-state index contributed by atoms with van der Waals surface area (Å²) in [6.45, 7) is 7.49. The second kappa shape index (κ2) is 9.35. The van der Waals surface area contributed by atoms with Crippen molar-refractivity contribution in [3.05, 3.63) is 47.5 Å². The number of carbonyl (C=O) groups is 1. The second-order valence-electron chi connectivity index (χ2n) is 6.89. The van der Waals surface area contributed by atoms with E-state index in [-0.39, 0.29) is 5.91 Å². The number of carbonyl (C=O) groups excluding carboxylic acids is 1. The van der Waals surface area contributed by atoms with Crippen LogP contribution < -0.4 is 15.4 Å². The molecular formula is C22H28N4O2. The zero-order valence-electron chi connectivity index (χ0n) is 16.8. The Morgan fingerprint density at radius 1 is 1.14 bits per heavy atom. The van der Waals surface area contributed by atoms with Crippen molar-refractivity contribution in [1.29, 1.82) is 0 Å². The number of allylic oxidation sites excluding steroid dienone is 2. The van der Waals surface area contributed by atoms with Crippen molar-refractivity contribution in [2.24, 2.45) is 0 Å². The summed E-state index contributed by atoms with van der Waals surface area (Å²) in [5.41, 5.74) is 4.34. The predicted octanol–water partition coefficient (Wildman–Crippen LogP) is 4.01. The first-order chi connectivity index (χ1) is 13.6. The van der Waals surface area contributed by atoms with Crippen LogP contribution in [0.2, 0.25) is 0 Å². The molecule has 0 atom stereocenters. The molecule has 1 aromatic carbocycles. The molecular weight excluding hydrogens is 352 g/mol. The Hall–Kier alpha value is -2.89. The van der Waals surface area contributed by atoms with Gasteiger partial charge in [0.2, 0.25) is 11.9 Å². The van der Waals surface area contributed by atoms with Gasteiger partial charge >= 0.3 is 0 Å². The van der Waals surface area contributed by atoms with Gasteiger partial charge in [0.1, 0.15) is 11.5 Å². The number of fused-ring (bicyclic) bond motifs is 1. The molecule has 2 heterocycles. The number of hydrogen-bond donors (Lipinski definition) is 2. The van der Waals surface area contributed by atoms with Crippen molar-refractivity contribution in [1.82, 2.24) is 15.3 Å². The zero-order valence-corrected chi connectivity index (χ0v) is 16.8. The van der Waals surface area contributed by atoms with Gasteiger partial charge < -0.3 is 15.4 Å². The molecule has 6 heteroatoms. The predicted molar refractivity (Wildman–Crippen MR) is 111 cm³/mol. The van der Waals surface area contributed by atoms with Gasteiger partial charge in [-0.05, 0) is 68.5 Å². The molecule has 2 aromatic rings. The summed E-state index contributed by atoms with van der Waals surface area (Å²) >= 11 is 0. The number of hydrogen-bond acceptors (Lipinski definition) is 5. The zero-order chi connectivity index (χ0) is 19.9. The van der Waals surface area contributed by atoms with Crippen molar-refractivity contribution in [3.63, 3.8) is 0 Å². The van der Waals surface area contributed by atoms with Crippen LogP contribution in [0.15, 0.2) is 36.4 Å². The lowest BCUT2D eigenvalue weighted by Crippen LogP contribution is -2.22. The van der Waals surface area contributed by atoms with Crippen LogP contribution in [-0.4, -0.2) is 29.0 Å². The fourth-order valence-electron chi connectivity index (χ4n) is 3.30. The lowest BCUT2D eigenvalue weighted by Gasteiger charge is -2.21. The molecule has 28 heavy (non-hydrogen) atoms. The number of aromatic nitrogens is 2. The Balaban J connectivity index is 1.67. The highest BCUT2D eigenvalue weighted by atomic mass is 16.5. The van der Waals surface area contributed by atoms with Crippen LogP contribution in [0.5, 0.6) is 5.75 Å². The number of ether oxygens (including phenoxy) is 1. The maximum absolute atomic E-state index is 11.6. The van der Waals surface area contributed by atoms with E-state index in [0.717, 1.165) is 54.0 Å². The molecule has 0 saturated heterocycles. The van der Waals surface area contributed by atoms with Crippen LogP contribution in [-0.2, 0) is 11.2 Å². The fraction of sp³-hybridized carbons (Fsp3) is 0.409. The lowest BCUT2D eigenvalue weighted by molar-refractivity contribution is -0.121. The van der Waals surface area contributed by atoms with Crippen LogP contribution in [0.25, 0.3) is 11.1 Å². The van der Waals surface area contributed by atoms with Crippen LogP contribution >= 0.6 is 0 Å². The third-order valence-corrected chi connectivity index (χ3v) is 4.66. The topological polar surface area (TPSA) is 76.1 Å². The summed E-state index contributed by atoms with van der Waals surface area (Å²) in [5.74, 6) is 2.63. The molecule has 0 aliphatic carbocycles. The van der Waals surface area contributed by atoms with Crippen LogP contribution in [0, 0.1) is 6.92 Å². The first-order valence-electron chi connectivity index (χ1n) is 9.94. The Morgan fingerprint density at radius 2 is 1.93 bits per heavy atom. The molecule has 148 valence electrons. The van der Waals surface area contributed by atoms with E-state index in [4.69, 9.17) is 4.74 Å². The average molecular weight is 380 g/mol. The minimum Gasteiger partial charge on any atom is -0.461 e. The molecule has 0 unspecified atom stereocenters. The molecule has 0 bridgehead atoms. The number of nitrogens with one attached hydrogen (secondary N) is 2. The molecule has 3 rings (SSSR count). The van der Waals surface area contributed by atoms with E-state index >= 15 is 0 Å². The van der Waals surface area contributed by atoms with Crippen LogP contribution in [0.4, 0.5) is 5.95 Å². The van der Waals surface area contributed by atoms with E-state index < -0.39 is 0 Å². The maximum atomic E-state index is 11.6. The van der Waals surface area contributed by atoms with E-state index in [1.165, 1.54) is 5.56 Å². The summed E-state index contributed by atoms with van der Waals surface area (Å²) in [6, 6.07) is 4.26. The number of benzene rings is 1. The van der Waals surface area contributed by atoms with E-state index in [1.807, 2.05) is 26.2 Å². The lowest BCUT2D eigenvalue weighted by atomic mass is 9.97. The molecule has 1 aliphatic rings. The molecule has 0 fully saturated rings. The summed E-state index contributed by atoms with van der Waals surface area (Å²) in [5, 5.41) is 5.93. The van der Waals surface area contributed by atoms with Gasteiger partial charge in [0.05, 0.1) is 0 Å². The minimum atomic E-state index is 0.0995. The molecule has 0 saturated carbocycles. The molecule has 1 aliphatic heterocycles. The van der Waals surface area contributed by atoms with Crippen molar-refractivity contribution >= 4 is 11.9 Å².